The highest BCUT2D eigenvalue weighted by Gasteiger charge is 2.43. The first-order chi connectivity index (χ1) is 17.4. The zero-order valence-corrected chi connectivity index (χ0v) is 19.4. The van der Waals surface area contributed by atoms with Crippen molar-refractivity contribution in [1.29, 1.82) is 0 Å². The lowest BCUT2D eigenvalue weighted by Crippen LogP contribution is -2.31. The van der Waals surface area contributed by atoms with Crippen LogP contribution in [0.4, 0.5) is 13.2 Å². The number of fused-ring (bicyclic) bond motifs is 3. The maximum absolute atomic E-state index is 14.2. The summed E-state index contributed by atoms with van der Waals surface area (Å²) < 4.78 is 53.2. The molecule has 1 N–H and O–H groups in total. The highest BCUT2D eigenvalue weighted by atomic mass is 19.4. The zero-order chi connectivity index (χ0) is 24.9. The Balaban J connectivity index is 1.36. The molecule has 1 atom stereocenters. The second kappa shape index (κ2) is 8.90. The van der Waals surface area contributed by atoms with Gasteiger partial charge in [0.15, 0.2) is 17.2 Å². The first-order valence-corrected chi connectivity index (χ1v) is 12.0. The van der Waals surface area contributed by atoms with Gasteiger partial charge in [-0.2, -0.15) is 13.2 Å². The summed E-state index contributed by atoms with van der Waals surface area (Å²) in [7, 11) is 0. The van der Waals surface area contributed by atoms with Gasteiger partial charge < -0.3 is 14.2 Å². The molecule has 0 bridgehead atoms. The van der Waals surface area contributed by atoms with Crippen LogP contribution in [-0.4, -0.2) is 39.5 Å². The minimum absolute atomic E-state index is 0.000775. The average Bonchev–Trinajstić information content (AvgIpc) is 3.61. The maximum atomic E-state index is 14.2. The van der Waals surface area contributed by atoms with Gasteiger partial charge in [0.1, 0.15) is 11.3 Å². The number of likely N-dealkylation sites (tertiary alicyclic amines) is 1. The Morgan fingerprint density at radius 3 is 2.53 bits per heavy atom. The third kappa shape index (κ3) is 3.92. The Kier molecular flexibility index (Phi) is 5.69. The van der Waals surface area contributed by atoms with Crippen LogP contribution in [0.15, 0.2) is 57.6 Å². The molecule has 1 aliphatic carbocycles. The molecule has 36 heavy (non-hydrogen) atoms. The molecule has 0 spiro atoms. The number of aliphatic hydroxyl groups is 1. The largest absolute Gasteiger partial charge is 0.422 e. The van der Waals surface area contributed by atoms with Crippen molar-refractivity contribution >= 4 is 0 Å². The van der Waals surface area contributed by atoms with Crippen LogP contribution in [-0.2, 0) is 25.6 Å². The molecule has 6 rings (SSSR count). The Morgan fingerprint density at radius 2 is 1.75 bits per heavy atom. The van der Waals surface area contributed by atoms with Crippen molar-refractivity contribution in [1.82, 2.24) is 15.2 Å². The predicted molar refractivity (Wildman–Crippen MR) is 126 cm³/mol. The van der Waals surface area contributed by atoms with Crippen molar-refractivity contribution in [2.75, 3.05) is 13.2 Å². The normalized spacial score (nSPS) is 17.8. The lowest BCUT2D eigenvalue weighted by Gasteiger charge is -2.24. The highest BCUT2D eigenvalue weighted by molar-refractivity contribution is 5.79. The van der Waals surface area contributed by atoms with E-state index in [1.807, 2.05) is 12.1 Å². The molecule has 0 radical (unpaired) electrons. The molecule has 1 saturated heterocycles. The Labute approximate surface area is 205 Å². The lowest BCUT2D eigenvalue weighted by atomic mass is 9.87. The quantitative estimate of drug-likeness (QED) is 0.381. The predicted octanol–water partition coefficient (Wildman–Crippen LogP) is 5.74. The second-order valence-corrected chi connectivity index (χ2v) is 9.38. The van der Waals surface area contributed by atoms with Crippen molar-refractivity contribution < 1.29 is 27.3 Å². The maximum Gasteiger partial charge on any atom is 0.422 e. The standard InChI is InChI=1S/C27H24F3N3O3/c28-27(29,30)22-24(32-35-25(22)17-5-2-1-3-6-17)26-21-11-9-18-13-16(8-10-20(18)23(21)31-36-26)14-33-12-4-7-19(33)15-34/h1-3,5-6,8,10,13,19,34H,4,7,9,11-12,14-15H2/t19-/m0/s1. The van der Waals surface area contributed by atoms with E-state index in [2.05, 4.69) is 21.3 Å². The molecule has 186 valence electrons. The van der Waals surface area contributed by atoms with Crippen molar-refractivity contribution in [2.24, 2.45) is 0 Å². The molecular weight excluding hydrogens is 471 g/mol. The van der Waals surface area contributed by atoms with Gasteiger partial charge in [0.05, 0.1) is 6.61 Å². The van der Waals surface area contributed by atoms with Crippen LogP contribution in [0.1, 0.15) is 35.1 Å². The highest BCUT2D eigenvalue weighted by Crippen LogP contribution is 2.46. The number of hydrogen-bond acceptors (Lipinski definition) is 6. The molecule has 2 aromatic carbocycles. The number of hydrogen-bond donors (Lipinski definition) is 1. The third-order valence-corrected chi connectivity index (χ3v) is 7.18. The number of alkyl halides is 3. The number of aromatic nitrogens is 2. The number of aliphatic hydroxyl groups excluding tert-OH is 1. The minimum atomic E-state index is -4.69. The van der Waals surface area contributed by atoms with Crippen LogP contribution in [0.3, 0.4) is 0 Å². The lowest BCUT2D eigenvalue weighted by molar-refractivity contribution is -0.136. The van der Waals surface area contributed by atoms with Gasteiger partial charge in [-0.25, -0.2) is 0 Å². The summed E-state index contributed by atoms with van der Waals surface area (Å²) >= 11 is 0. The first kappa shape index (κ1) is 23.0. The van der Waals surface area contributed by atoms with Crippen LogP contribution in [0, 0.1) is 0 Å². The molecule has 2 aromatic heterocycles. The molecule has 4 aromatic rings. The number of rotatable bonds is 5. The van der Waals surface area contributed by atoms with Crippen LogP contribution in [0.5, 0.6) is 0 Å². The van der Waals surface area contributed by atoms with Gasteiger partial charge in [0.25, 0.3) is 0 Å². The van der Waals surface area contributed by atoms with E-state index in [0.29, 0.717) is 24.1 Å². The van der Waals surface area contributed by atoms with Gasteiger partial charge in [0.2, 0.25) is 0 Å². The Morgan fingerprint density at radius 1 is 0.972 bits per heavy atom. The molecule has 9 heteroatoms. The SMILES string of the molecule is OC[C@@H]1CCCN1Cc1ccc2c(c1)CCc1c-2noc1-c1noc(-c2ccccc2)c1C(F)(F)F. The number of aryl methyl sites for hydroxylation is 1. The van der Waals surface area contributed by atoms with Crippen LogP contribution in [0.2, 0.25) is 0 Å². The van der Waals surface area contributed by atoms with E-state index in [9.17, 15) is 18.3 Å². The molecule has 1 fully saturated rings. The molecular formula is C27H24F3N3O3. The fourth-order valence-corrected chi connectivity index (χ4v) is 5.42. The van der Waals surface area contributed by atoms with E-state index >= 15 is 0 Å². The fourth-order valence-electron chi connectivity index (χ4n) is 5.42. The van der Waals surface area contributed by atoms with Gasteiger partial charge in [0, 0.05) is 29.3 Å². The van der Waals surface area contributed by atoms with E-state index in [0.717, 1.165) is 42.6 Å². The van der Waals surface area contributed by atoms with Gasteiger partial charge in [-0.1, -0.05) is 58.8 Å². The Bertz CT molecular complexity index is 1390. The second-order valence-electron chi connectivity index (χ2n) is 9.38. The first-order valence-electron chi connectivity index (χ1n) is 12.0. The van der Waals surface area contributed by atoms with Gasteiger partial charge >= 0.3 is 6.18 Å². The van der Waals surface area contributed by atoms with E-state index in [-0.39, 0.29) is 35.4 Å². The number of nitrogens with zero attached hydrogens (tertiary/aromatic N) is 3. The summed E-state index contributed by atoms with van der Waals surface area (Å²) in [4.78, 5) is 2.29. The summed E-state index contributed by atoms with van der Waals surface area (Å²) in [6.07, 6.45) is -1.48. The molecule has 3 heterocycles. The number of benzene rings is 2. The van der Waals surface area contributed by atoms with Gasteiger partial charge in [-0.15, -0.1) is 0 Å². The van der Waals surface area contributed by atoms with E-state index in [1.54, 1.807) is 30.3 Å². The molecule has 6 nitrogen and oxygen atoms in total. The van der Waals surface area contributed by atoms with Crippen LogP contribution < -0.4 is 0 Å². The summed E-state index contributed by atoms with van der Waals surface area (Å²) in [6.45, 7) is 1.87. The molecule has 2 aliphatic rings. The number of halogens is 3. The molecule has 0 unspecified atom stereocenters. The van der Waals surface area contributed by atoms with E-state index in [4.69, 9.17) is 9.05 Å². The molecule has 1 aliphatic heterocycles. The summed E-state index contributed by atoms with van der Waals surface area (Å²) in [6, 6.07) is 14.4. The van der Waals surface area contributed by atoms with E-state index in [1.165, 1.54) is 0 Å². The van der Waals surface area contributed by atoms with Crippen molar-refractivity contribution in [3.05, 3.63) is 70.8 Å². The van der Waals surface area contributed by atoms with Crippen molar-refractivity contribution in [3.8, 4) is 34.0 Å². The molecule has 0 saturated carbocycles. The summed E-state index contributed by atoms with van der Waals surface area (Å²) in [5.74, 6) is -0.340. The summed E-state index contributed by atoms with van der Waals surface area (Å²) in [5, 5.41) is 17.6. The minimum Gasteiger partial charge on any atom is -0.395 e. The van der Waals surface area contributed by atoms with Crippen molar-refractivity contribution in [3.63, 3.8) is 0 Å². The smallest absolute Gasteiger partial charge is 0.395 e. The Hall–Kier alpha value is -3.43. The fraction of sp³-hybridized carbons (Fsp3) is 0.333. The third-order valence-electron chi connectivity index (χ3n) is 7.18. The van der Waals surface area contributed by atoms with Crippen LogP contribution in [0.25, 0.3) is 34.0 Å². The van der Waals surface area contributed by atoms with Crippen LogP contribution >= 0.6 is 0 Å². The topological polar surface area (TPSA) is 75.5 Å². The van der Waals surface area contributed by atoms with Gasteiger partial charge in [-0.3, -0.25) is 4.90 Å². The summed E-state index contributed by atoms with van der Waals surface area (Å²) in [5.41, 5.74) is 3.19. The van der Waals surface area contributed by atoms with E-state index < -0.39 is 11.7 Å². The molecule has 0 amide bonds. The van der Waals surface area contributed by atoms with Crippen molar-refractivity contribution in [2.45, 2.75) is 44.4 Å². The zero-order valence-electron chi connectivity index (χ0n) is 19.4. The monoisotopic (exact) mass is 495 g/mol. The average molecular weight is 496 g/mol. The van der Waals surface area contributed by atoms with Gasteiger partial charge in [-0.05, 0) is 43.4 Å².